The standard InChI is InChI=1S/C10H14N6/c1-15-11-5-9(13-15)4-10-7-16(14-12-10)6-8-2-3-8/h5,7-8H,2-4,6H2,1H3. The Labute approximate surface area is 93.3 Å². The normalized spacial score (nSPS) is 15.6. The molecule has 1 saturated carbocycles. The SMILES string of the molecule is Cn1ncc(Cc2cn(CC3CC3)nn2)n1. The van der Waals surface area contributed by atoms with Gasteiger partial charge in [0, 0.05) is 26.2 Å². The van der Waals surface area contributed by atoms with Crippen LogP contribution in [0.5, 0.6) is 0 Å². The van der Waals surface area contributed by atoms with Gasteiger partial charge in [0.1, 0.15) is 0 Å². The summed E-state index contributed by atoms with van der Waals surface area (Å²) in [4.78, 5) is 1.56. The van der Waals surface area contributed by atoms with Crippen LogP contribution in [0, 0.1) is 5.92 Å². The van der Waals surface area contributed by atoms with Crippen molar-refractivity contribution < 1.29 is 0 Å². The number of aryl methyl sites for hydroxylation is 1. The van der Waals surface area contributed by atoms with Gasteiger partial charge in [0.2, 0.25) is 0 Å². The van der Waals surface area contributed by atoms with Gasteiger partial charge < -0.3 is 0 Å². The van der Waals surface area contributed by atoms with Gasteiger partial charge in [-0.1, -0.05) is 5.21 Å². The lowest BCUT2D eigenvalue weighted by atomic mass is 10.3. The summed E-state index contributed by atoms with van der Waals surface area (Å²) in [5, 5.41) is 16.5. The molecule has 1 fully saturated rings. The van der Waals surface area contributed by atoms with E-state index in [0.717, 1.165) is 23.9 Å². The predicted octanol–water partition coefficient (Wildman–Crippen LogP) is 0.407. The second-order valence-electron chi connectivity index (χ2n) is 4.38. The molecule has 2 heterocycles. The van der Waals surface area contributed by atoms with Gasteiger partial charge in [-0.15, -0.1) is 5.10 Å². The molecule has 0 atom stereocenters. The van der Waals surface area contributed by atoms with E-state index in [0.29, 0.717) is 6.42 Å². The number of rotatable bonds is 4. The molecule has 0 aromatic carbocycles. The molecule has 84 valence electrons. The highest BCUT2D eigenvalue weighted by atomic mass is 15.5. The number of nitrogens with zero attached hydrogens (tertiary/aromatic N) is 6. The third-order valence-corrected chi connectivity index (χ3v) is 2.74. The summed E-state index contributed by atoms with van der Waals surface area (Å²) >= 11 is 0. The molecule has 3 rings (SSSR count). The zero-order chi connectivity index (χ0) is 11.0. The zero-order valence-electron chi connectivity index (χ0n) is 9.24. The highest BCUT2D eigenvalue weighted by Crippen LogP contribution is 2.30. The molecule has 1 aliphatic carbocycles. The molecule has 0 radical (unpaired) electrons. The summed E-state index contributed by atoms with van der Waals surface area (Å²) in [6, 6.07) is 0. The van der Waals surface area contributed by atoms with Crippen molar-refractivity contribution in [1.82, 2.24) is 30.0 Å². The average Bonchev–Trinajstić information content (AvgIpc) is 2.80. The molecule has 0 bridgehead atoms. The van der Waals surface area contributed by atoms with E-state index in [1.165, 1.54) is 12.8 Å². The molecule has 6 nitrogen and oxygen atoms in total. The lowest BCUT2D eigenvalue weighted by Crippen LogP contribution is -1.99. The number of aromatic nitrogens is 6. The Bertz CT molecular complexity index is 481. The predicted molar refractivity (Wildman–Crippen MR) is 56.6 cm³/mol. The van der Waals surface area contributed by atoms with Gasteiger partial charge in [0.05, 0.1) is 17.6 Å². The van der Waals surface area contributed by atoms with Crippen LogP contribution < -0.4 is 0 Å². The lowest BCUT2D eigenvalue weighted by molar-refractivity contribution is 0.544. The van der Waals surface area contributed by atoms with Gasteiger partial charge >= 0.3 is 0 Å². The first kappa shape index (κ1) is 9.50. The summed E-state index contributed by atoms with van der Waals surface area (Å²) in [5.74, 6) is 0.825. The minimum atomic E-state index is 0.707. The van der Waals surface area contributed by atoms with E-state index in [9.17, 15) is 0 Å². The van der Waals surface area contributed by atoms with Crippen molar-refractivity contribution in [1.29, 1.82) is 0 Å². The molecule has 0 saturated heterocycles. The highest BCUT2D eigenvalue weighted by Gasteiger charge is 2.22. The van der Waals surface area contributed by atoms with Gasteiger partial charge in [-0.25, -0.2) is 0 Å². The summed E-state index contributed by atoms with van der Waals surface area (Å²) < 4.78 is 1.93. The van der Waals surface area contributed by atoms with Crippen LogP contribution >= 0.6 is 0 Å². The molecule has 0 spiro atoms. The second-order valence-corrected chi connectivity index (χ2v) is 4.38. The van der Waals surface area contributed by atoms with Crippen molar-refractivity contribution in [2.45, 2.75) is 25.8 Å². The molecule has 0 N–H and O–H groups in total. The number of hydrogen-bond acceptors (Lipinski definition) is 4. The first-order chi connectivity index (χ1) is 7.79. The van der Waals surface area contributed by atoms with E-state index >= 15 is 0 Å². The second kappa shape index (κ2) is 3.70. The van der Waals surface area contributed by atoms with E-state index in [4.69, 9.17) is 0 Å². The Balaban J connectivity index is 1.67. The van der Waals surface area contributed by atoms with Gasteiger partial charge in [0.25, 0.3) is 0 Å². The zero-order valence-corrected chi connectivity index (χ0v) is 9.24. The van der Waals surface area contributed by atoms with Crippen molar-refractivity contribution in [3.63, 3.8) is 0 Å². The molecular formula is C10H14N6. The van der Waals surface area contributed by atoms with E-state index in [1.54, 1.807) is 11.0 Å². The maximum atomic E-state index is 4.22. The summed E-state index contributed by atoms with van der Waals surface area (Å²) in [7, 11) is 1.81. The van der Waals surface area contributed by atoms with E-state index in [1.807, 2.05) is 17.9 Å². The van der Waals surface area contributed by atoms with Gasteiger partial charge in [-0.05, 0) is 18.8 Å². The molecule has 0 amide bonds. The van der Waals surface area contributed by atoms with Crippen molar-refractivity contribution in [3.8, 4) is 0 Å². The monoisotopic (exact) mass is 218 g/mol. The average molecular weight is 218 g/mol. The Morgan fingerprint density at radius 2 is 2.25 bits per heavy atom. The molecule has 1 aliphatic rings. The van der Waals surface area contributed by atoms with Crippen LogP contribution in [0.15, 0.2) is 12.4 Å². The first-order valence-corrected chi connectivity index (χ1v) is 5.54. The third kappa shape index (κ3) is 2.10. The molecule has 0 aliphatic heterocycles. The largest absolute Gasteiger partial charge is 0.252 e. The quantitative estimate of drug-likeness (QED) is 0.745. The van der Waals surface area contributed by atoms with Gasteiger partial charge in [-0.2, -0.15) is 15.0 Å². The Kier molecular flexibility index (Phi) is 2.19. The molecule has 6 heteroatoms. The molecular weight excluding hydrogens is 204 g/mol. The van der Waals surface area contributed by atoms with Crippen molar-refractivity contribution >= 4 is 0 Å². The van der Waals surface area contributed by atoms with Crippen LogP contribution in [0.3, 0.4) is 0 Å². The topological polar surface area (TPSA) is 61.4 Å². The van der Waals surface area contributed by atoms with Crippen molar-refractivity contribution in [2.75, 3.05) is 0 Å². The maximum absolute atomic E-state index is 4.22. The van der Waals surface area contributed by atoms with Crippen LogP contribution in [0.25, 0.3) is 0 Å². The molecule has 2 aromatic rings. The summed E-state index contributed by atoms with van der Waals surface area (Å²) in [6.45, 7) is 1.01. The van der Waals surface area contributed by atoms with Crippen LogP contribution in [0.1, 0.15) is 24.2 Å². The lowest BCUT2D eigenvalue weighted by Gasteiger charge is -1.94. The molecule has 0 unspecified atom stereocenters. The first-order valence-electron chi connectivity index (χ1n) is 5.54. The van der Waals surface area contributed by atoms with Crippen molar-refractivity contribution in [2.24, 2.45) is 13.0 Å². The third-order valence-electron chi connectivity index (χ3n) is 2.74. The van der Waals surface area contributed by atoms with Gasteiger partial charge in [-0.3, -0.25) is 4.68 Å². The fourth-order valence-corrected chi connectivity index (χ4v) is 1.73. The van der Waals surface area contributed by atoms with Crippen LogP contribution in [-0.2, 0) is 20.0 Å². The summed E-state index contributed by atoms with van der Waals surface area (Å²) in [6.07, 6.45) is 7.14. The Morgan fingerprint density at radius 1 is 1.38 bits per heavy atom. The number of hydrogen-bond donors (Lipinski definition) is 0. The minimum absolute atomic E-state index is 0.707. The maximum Gasteiger partial charge on any atom is 0.0887 e. The fourth-order valence-electron chi connectivity index (χ4n) is 1.73. The molecule has 2 aromatic heterocycles. The molecule has 16 heavy (non-hydrogen) atoms. The summed E-state index contributed by atoms with van der Waals surface area (Å²) in [5.41, 5.74) is 1.89. The van der Waals surface area contributed by atoms with E-state index in [-0.39, 0.29) is 0 Å². The Hall–Kier alpha value is -1.72. The van der Waals surface area contributed by atoms with E-state index < -0.39 is 0 Å². The van der Waals surface area contributed by atoms with Crippen LogP contribution in [-0.4, -0.2) is 30.0 Å². The highest BCUT2D eigenvalue weighted by molar-refractivity contribution is 5.06. The van der Waals surface area contributed by atoms with Crippen LogP contribution in [0.2, 0.25) is 0 Å². The van der Waals surface area contributed by atoms with E-state index in [2.05, 4.69) is 20.5 Å². The van der Waals surface area contributed by atoms with Crippen molar-refractivity contribution in [3.05, 3.63) is 23.8 Å². The van der Waals surface area contributed by atoms with Gasteiger partial charge in [0.15, 0.2) is 0 Å². The Morgan fingerprint density at radius 3 is 2.94 bits per heavy atom. The smallest absolute Gasteiger partial charge is 0.0887 e. The van der Waals surface area contributed by atoms with Crippen LogP contribution in [0.4, 0.5) is 0 Å². The minimum Gasteiger partial charge on any atom is -0.252 e. The fraction of sp³-hybridized carbons (Fsp3) is 0.600.